The standard InChI is InChI=1S/C22H21NO4/c1-2-25-16-7-3-14(4-8-16)11-20-21(24)17-9-10-19-18(22(17)27-20)12-23(13-26-19)15-5-6-15/h3-4,7-11,15H,2,5-6,12-13H2,1H3/b20-11-. The van der Waals surface area contributed by atoms with Crippen molar-refractivity contribution in [2.75, 3.05) is 13.3 Å². The van der Waals surface area contributed by atoms with Gasteiger partial charge in [-0.1, -0.05) is 12.1 Å². The Hall–Kier alpha value is -2.79. The number of carbonyl (C=O) groups excluding carboxylic acids is 1. The Bertz CT molecular complexity index is 928. The van der Waals surface area contributed by atoms with Crippen LogP contribution in [0.1, 0.15) is 41.3 Å². The van der Waals surface area contributed by atoms with Gasteiger partial charge in [-0.25, -0.2) is 0 Å². The molecule has 0 N–H and O–H groups in total. The Morgan fingerprint density at radius 2 is 2.00 bits per heavy atom. The first-order chi connectivity index (χ1) is 13.2. The number of allylic oxidation sites excluding steroid dienone is 1. The lowest BCUT2D eigenvalue weighted by Gasteiger charge is -2.29. The second-order valence-electron chi connectivity index (χ2n) is 7.11. The monoisotopic (exact) mass is 363 g/mol. The summed E-state index contributed by atoms with van der Waals surface area (Å²) in [7, 11) is 0. The molecule has 1 saturated carbocycles. The number of fused-ring (bicyclic) bond motifs is 3. The maximum Gasteiger partial charge on any atom is 0.231 e. The molecule has 2 aromatic rings. The highest BCUT2D eigenvalue weighted by Gasteiger charge is 2.37. The molecule has 1 aliphatic carbocycles. The minimum Gasteiger partial charge on any atom is -0.494 e. The van der Waals surface area contributed by atoms with E-state index in [-0.39, 0.29) is 5.78 Å². The Labute approximate surface area is 158 Å². The molecule has 138 valence electrons. The molecule has 0 aromatic heterocycles. The normalized spacial score (nSPS) is 20.0. The van der Waals surface area contributed by atoms with Gasteiger partial charge in [0.2, 0.25) is 5.78 Å². The van der Waals surface area contributed by atoms with Gasteiger partial charge in [-0.3, -0.25) is 9.69 Å². The Balaban J connectivity index is 1.44. The summed E-state index contributed by atoms with van der Waals surface area (Å²) in [6.45, 7) is 3.96. The van der Waals surface area contributed by atoms with Crippen molar-refractivity contribution in [1.29, 1.82) is 0 Å². The van der Waals surface area contributed by atoms with Crippen LogP contribution in [0.25, 0.3) is 6.08 Å². The van der Waals surface area contributed by atoms with E-state index in [1.165, 1.54) is 12.8 Å². The van der Waals surface area contributed by atoms with Crippen LogP contribution >= 0.6 is 0 Å². The number of hydrogen-bond acceptors (Lipinski definition) is 5. The van der Waals surface area contributed by atoms with E-state index in [0.29, 0.717) is 36.5 Å². The smallest absolute Gasteiger partial charge is 0.231 e. The van der Waals surface area contributed by atoms with Crippen molar-refractivity contribution < 1.29 is 19.0 Å². The van der Waals surface area contributed by atoms with Crippen LogP contribution in [0.5, 0.6) is 17.2 Å². The molecule has 5 nitrogen and oxygen atoms in total. The molecule has 0 bridgehead atoms. The fourth-order valence-corrected chi connectivity index (χ4v) is 3.63. The van der Waals surface area contributed by atoms with Crippen molar-refractivity contribution in [3.63, 3.8) is 0 Å². The van der Waals surface area contributed by atoms with E-state index in [0.717, 1.165) is 29.2 Å². The number of benzene rings is 2. The molecular formula is C22H21NO4. The number of hydrogen-bond donors (Lipinski definition) is 0. The fraction of sp³-hybridized carbons (Fsp3) is 0.318. The van der Waals surface area contributed by atoms with Gasteiger partial charge in [0.25, 0.3) is 0 Å². The van der Waals surface area contributed by atoms with Crippen molar-refractivity contribution in [2.24, 2.45) is 0 Å². The minimum atomic E-state index is -0.0785. The third-order valence-corrected chi connectivity index (χ3v) is 5.20. The predicted molar refractivity (Wildman–Crippen MR) is 101 cm³/mol. The Kier molecular flexibility index (Phi) is 3.90. The molecule has 27 heavy (non-hydrogen) atoms. The molecule has 2 aromatic carbocycles. The summed E-state index contributed by atoms with van der Waals surface area (Å²) >= 11 is 0. The quantitative estimate of drug-likeness (QED) is 0.768. The van der Waals surface area contributed by atoms with Gasteiger partial charge in [-0.2, -0.15) is 0 Å². The number of carbonyl (C=O) groups is 1. The molecule has 2 heterocycles. The van der Waals surface area contributed by atoms with Crippen LogP contribution in [-0.4, -0.2) is 30.1 Å². The van der Waals surface area contributed by atoms with Crippen molar-refractivity contribution >= 4 is 11.9 Å². The Morgan fingerprint density at radius 3 is 2.74 bits per heavy atom. The second kappa shape index (κ2) is 6.43. The average molecular weight is 363 g/mol. The van der Waals surface area contributed by atoms with Crippen molar-refractivity contribution in [2.45, 2.75) is 32.4 Å². The highest BCUT2D eigenvalue weighted by atomic mass is 16.5. The summed E-state index contributed by atoms with van der Waals surface area (Å²) in [5.74, 6) is 2.56. The van der Waals surface area contributed by atoms with Gasteiger partial charge < -0.3 is 14.2 Å². The molecule has 5 rings (SSSR count). The molecule has 1 fully saturated rings. The van der Waals surface area contributed by atoms with E-state index in [4.69, 9.17) is 14.2 Å². The van der Waals surface area contributed by atoms with Crippen LogP contribution in [0.15, 0.2) is 42.2 Å². The number of ketones is 1. The summed E-state index contributed by atoms with van der Waals surface area (Å²) < 4.78 is 17.4. The van der Waals surface area contributed by atoms with Crippen LogP contribution in [0.2, 0.25) is 0 Å². The van der Waals surface area contributed by atoms with E-state index in [1.54, 1.807) is 6.08 Å². The first-order valence-corrected chi connectivity index (χ1v) is 9.43. The third kappa shape index (κ3) is 2.98. The molecule has 2 aliphatic heterocycles. The zero-order chi connectivity index (χ0) is 18.4. The lowest BCUT2D eigenvalue weighted by molar-refractivity contribution is 0.0868. The van der Waals surface area contributed by atoms with Crippen LogP contribution in [0.4, 0.5) is 0 Å². The van der Waals surface area contributed by atoms with Gasteiger partial charge in [0.1, 0.15) is 24.0 Å². The zero-order valence-corrected chi connectivity index (χ0v) is 15.2. The van der Waals surface area contributed by atoms with Crippen molar-refractivity contribution in [3.05, 3.63) is 58.8 Å². The van der Waals surface area contributed by atoms with Gasteiger partial charge in [0.05, 0.1) is 17.7 Å². The predicted octanol–water partition coefficient (Wildman–Crippen LogP) is 4.02. The Morgan fingerprint density at radius 1 is 1.19 bits per heavy atom. The molecule has 3 aliphatic rings. The first-order valence-electron chi connectivity index (χ1n) is 9.43. The van der Waals surface area contributed by atoms with Crippen molar-refractivity contribution in [1.82, 2.24) is 4.90 Å². The van der Waals surface area contributed by atoms with E-state index in [9.17, 15) is 4.79 Å². The lowest BCUT2D eigenvalue weighted by Crippen LogP contribution is -2.33. The summed E-state index contributed by atoms with van der Waals surface area (Å²) in [5.41, 5.74) is 2.50. The molecule has 0 unspecified atom stereocenters. The van der Waals surface area contributed by atoms with Crippen LogP contribution in [-0.2, 0) is 6.54 Å². The molecule has 0 saturated heterocycles. The van der Waals surface area contributed by atoms with Gasteiger partial charge >= 0.3 is 0 Å². The van der Waals surface area contributed by atoms with Crippen LogP contribution in [0.3, 0.4) is 0 Å². The van der Waals surface area contributed by atoms with Gasteiger partial charge in [-0.15, -0.1) is 0 Å². The van der Waals surface area contributed by atoms with Crippen molar-refractivity contribution in [3.8, 4) is 17.2 Å². The fourth-order valence-electron chi connectivity index (χ4n) is 3.63. The first kappa shape index (κ1) is 16.4. The van der Waals surface area contributed by atoms with Gasteiger partial charge in [-0.05, 0) is 55.7 Å². The summed E-state index contributed by atoms with van der Waals surface area (Å²) in [6, 6.07) is 11.9. The van der Waals surface area contributed by atoms with E-state index in [2.05, 4.69) is 4.90 Å². The maximum atomic E-state index is 12.8. The molecular weight excluding hydrogens is 342 g/mol. The summed E-state index contributed by atoms with van der Waals surface area (Å²) in [4.78, 5) is 15.1. The molecule has 0 atom stereocenters. The van der Waals surface area contributed by atoms with E-state index in [1.807, 2.05) is 43.3 Å². The SMILES string of the molecule is CCOc1ccc(/C=C2\Oc3c(ccc4c3CN(C3CC3)CO4)C2=O)cc1. The summed E-state index contributed by atoms with van der Waals surface area (Å²) in [6.07, 6.45) is 4.22. The molecule has 5 heteroatoms. The zero-order valence-electron chi connectivity index (χ0n) is 15.2. The highest BCUT2D eigenvalue weighted by molar-refractivity contribution is 6.15. The molecule has 0 spiro atoms. The third-order valence-electron chi connectivity index (χ3n) is 5.20. The number of rotatable bonds is 4. The van der Waals surface area contributed by atoms with Crippen LogP contribution in [0, 0.1) is 0 Å². The molecule has 0 amide bonds. The van der Waals surface area contributed by atoms with Crippen LogP contribution < -0.4 is 14.2 Å². The van der Waals surface area contributed by atoms with Gasteiger partial charge in [0.15, 0.2) is 5.76 Å². The topological polar surface area (TPSA) is 48.0 Å². The minimum absolute atomic E-state index is 0.0785. The lowest BCUT2D eigenvalue weighted by atomic mass is 10.0. The number of ether oxygens (including phenoxy) is 3. The van der Waals surface area contributed by atoms with Gasteiger partial charge in [0, 0.05) is 12.6 Å². The largest absolute Gasteiger partial charge is 0.494 e. The highest BCUT2D eigenvalue weighted by Crippen LogP contribution is 2.43. The number of nitrogens with zero attached hydrogens (tertiary/aromatic N) is 1. The van der Waals surface area contributed by atoms with E-state index < -0.39 is 0 Å². The average Bonchev–Trinajstić information content (AvgIpc) is 3.49. The summed E-state index contributed by atoms with van der Waals surface area (Å²) in [5, 5.41) is 0. The van der Waals surface area contributed by atoms with E-state index >= 15 is 0 Å². The number of Topliss-reactive ketones (excluding diaryl/α,β-unsaturated/α-hetero) is 1. The second-order valence-corrected chi connectivity index (χ2v) is 7.11. The maximum absolute atomic E-state index is 12.8. The molecule has 0 radical (unpaired) electrons.